The Morgan fingerprint density at radius 1 is 0.857 bits per heavy atom. The minimum Gasteiger partial charge on any atom is -0.355 e. The van der Waals surface area contributed by atoms with E-state index in [-0.39, 0.29) is 0 Å². The zero-order chi connectivity index (χ0) is 20.1. The molecule has 0 saturated carbocycles. The predicted octanol–water partition coefficient (Wildman–Crippen LogP) is 7.68. The van der Waals surface area contributed by atoms with Crippen molar-refractivity contribution >= 4 is 36.5 Å². The van der Waals surface area contributed by atoms with Crippen molar-refractivity contribution in [3.8, 4) is 0 Å². The summed E-state index contributed by atoms with van der Waals surface area (Å²) in [6, 6.07) is 12.6. The molecule has 0 atom stereocenters. The van der Waals surface area contributed by atoms with Gasteiger partial charge in [-0.3, -0.25) is 0 Å². The van der Waals surface area contributed by atoms with Crippen LogP contribution < -0.4 is 5.19 Å². The van der Waals surface area contributed by atoms with Gasteiger partial charge in [-0.2, -0.15) is 0 Å². The van der Waals surface area contributed by atoms with Gasteiger partial charge in [0.25, 0.3) is 0 Å². The number of aromatic nitrogens is 1. The summed E-state index contributed by atoms with van der Waals surface area (Å²) in [5, 5.41) is 4.41. The smallest absolute Gasteiger partial charge is 0.0841 e. The van der Waals surface area contributed by atoms with E-state index in [2.05, 4.69) is 69.9 Å². The molecule has 0 unspecified atom stereocenters. The van der Waals surface area contributed by atoms with Crippen molar-refractivity contribution in [2.24, 2.45) is 0 Å². The highest BCUT2D eigenvalue weighted by Gasteiger charge is 2.20. The van der Waals surface area contributed by atoms with E-state index in [1.54, 1.807) is 16.3 Å². The maximum atomic E-state index is 3.78. The lowest BCUT2D eigenvalue weighted by Crippen LogP contribution is -2.24. The van der Waals surface area contributed by atoms with E-state index < -0.39 is 0 Å². The molecule has 0 amide bonds. The number of para-hydroxylation sites is 1. The summed E-state index contributed by atoms with van der Waals surface area (Å²) in [6.45, 7) is 11.7. The number of unbranched alkanes of at least 4 members (excludes halogenated alkanes) is 5. The second-order valence-corrected chi connectivity index (χ2v) is 10.2. The Kier molecular flexibility index (Phi) is 7.40. The van der Waals surface area contributed by atoms with Crippen LogP contribution in [-0.2, 0) is 0 Å². The third-order valence-corrected chi connectivity index (χ3v) is 7.38. The van der Waals surface area contributed by atoms with Gasteiger partial charge in [-0.05, 0) is 40.3 Å². The van der Waals surface area contributed by atoms with E-state index in [1.165, 1.54) is 66.4 Å². The second-order valence-electron chi connectivity index (χ2n) is 8.85. The number of nitrogens with one attached hydrogen (secondary N) is 1. The molecule has 150 valence electrons. The summed E-state index contributed by atoms with van der Waals surface area (Å²) in [6.07, 6.45) is 8.30. The Labute approximate surface area is 174 Å². The highest BCUT2D eigenvalue weighted by atomic mass is 28.2. The molecule has 1 aromatic heterocycles. The third-order valence-electron chi connectivity index (χ3n) is 5.91. The van der Waals surface area contributed by atoms with Gasteiger partial charge in [-0.15, -0.1) is 0 Å². The number of fused-ring (bicyclic) bond motifs is 3. The van der Waals surface area contributed by atoms with E-state index in [9.17, 15) is 0 Å². The van der Waals surface area contributed by atoms with Crippen molar-refractivity contribution in [2.75, 3.05) is 0 Å². The van der Waals surface area contributed by atoms with Gasteiger partial charge in [0, 0.05) is 21.8 Å². The lowest BCUT2D eigenvalue weighted by Gasteiger charge is -2.21. The standard InChI is InChI=1S/C26H37NSi/c1-6-7-8-9-10-13-16-28-26-24(19(4)5)21(18(2)3)17-22-20-14-11-12-15-23(20)27-25(22)26/h11-12,14-15,17-19,27H,6-10,13,16H2,1-5H3. The summed E-state index contributed by atoms with van der Waals surface area (Å²) in [5.74, 6) is 1.13. The van der Waals surface area contributed by atoms with Gasteiger partial charge in [0.15, 0.2) is 0 Å². The Bertz CT molecular complexity index is 904. The number of benzene rings is 2. The van der Waals surface area contributed by atoms with Crippen molar-refractivity contribution < 1.29 is 0 Å². The molecule has 1 nitrogen and oxygen atoms in total. The van der Waals surface area contributed by atoms with Crippen molar-refractivity contribution in [2.45, 2.75) is 91.0 Å². The van der Waals surface area contributed by atoms with Crippen LogP contribution in [0.3, 0.4) is 0 Å². The van der Waals surface area contributed by atoms with Gasteiger partial charge in [-0.1, -0.05) is 97.4 Å². The first-order chi connectivity index (χ1) is 13.5. The molecular weight excluding hydrogens is 354 g/mol. The van der Waals surface area contributed by atoms with E-state index in [0.29, 0.717) is 11.8 Å². The van der Waals surface area contributed by atoms with Gasteiger partial charge in [0.05, 0.1) is 9.52 Å². The van der Waals surface area contributed by atoms with E-state index in [0.717, 1.165) is 9.52 Å². The SMILES string of the molecule is CCCCCCCC[Si]c1c(C(C)C)c(C(C)C)cc2c1[nH]c1ccccc12. The van der Waals surface area contributed by atoms with Crippen molar-refractivity contribution in [1.29, 1.82) is 0 Å². The van der Waals surface area contributed by atoms with Crippen LogP contribution in [0, 0.1) is 0 Å². The minimum absolute atomic E-state index is 0.563. The zero-order valence-corrected chi connectivity index (χ0v) is 19.5. The fraction of sp³-hybridized carbons (Fsp3) is 0.538. The van der Waals surface area contributed by atoms with Crippen LogP contribution in [0.2, 0.25) is 6.04 Å². The number of rotatable bonds is 10. The van der Waals surface area contributed by atoms with Gasteiger partial charge in [-0.25, -0.2) is 0 Å². The molecule has 0 aliphatic carbocycles. The second kappa shape index (κ2) is 9.78. The molecule has 0 aliphatic rings. The Morgan fingerprint density at radius 2 is 1.57 bits per heavy atom. The van der Waals surface area contributed by atoms with Gasteiger partial charge in [0.1, 0.15) is 0 Å². The molecule has 0 fully saturated rings. The molecule has 1 heterocycles. The zero-order valence-electron chi connectivity index (χ0n) is 18.5. The Balaban J connectivity index is 1.96. The molecule has 2 heteroatoms. The largest absolute Gasteiger partial charge is 0.355 e. The summed E-state index contributed by atoms with van der Waals surface area (Å²) in [5.41, 5.74) is 5.84. The summed E-state index contributed by atoms with van der Waals surface area (Å²) >= 11 is 0. The minimum atomic E-state index is 0.563. The quantitative estimate of drug-likeness (QED) is 0.269. The highest BCUT2D eigenvalue weighted by Crippen LogP contribution is 2.33. The molecule has 0 bridgehead atoms. The van der Waals surface area contributed by atoms with Crippen molar-refractivity contribution in [1.82, 2.24) is 4.98 Å². The molecule has 0 saturated heterocycles. The first-order valence-corrected chi connectivity index (χ1v) is 12.6. The number of aromatic amines is 1. The molecule has 28 heavy (non-hydrogen) atoms. The van der Waals surface area contributed by atoms with Crippen LogP contribution in [0.15, 0.2) is 30.3 Å². The molecule has 2 radical (unpaired) electrons. The summed E-state index contributed by atoms with van der Waals surface area (Å²) in [4.78, 5) is 3.78. The third kappa shape index (κ3) is 4.54. The Hall–Kier alpha value is -1.54. The van der Waals surface area contributed by atoms with Gasteiger partial charge < -0.3 is 4.98 Å². The molecule has 3 rings (SSSR count). The maximum absolute atomic E-state index is 3.78. The molecule has 2 aromatic carbocycles. The van der Waals surface area contributed by atoms with E-state index in [4.69, 9.17) is 0 Å². The molecule has 1 N–H and O–H groups in total. The average molecular weight is 392 g/mol. The normalized spacial score (nSPS) is 12.1. The van der Waals surface area contributed by atoms with Crippen LogP contribution in [0.25, 0.3) is 21.8 Å². The molecule has 3 aromatic rings. The fourth-order valence-electron chi connectivity index (χ4n) is 4.43. The molecule has 0 aliphatic heterocycles. The number of hydrogen-bond acceptors (Lipinski definition) is 0. The molecular formula is C26H37NSi. The first kappa shape index (κ1) is 21.2. The lowest BCUT2D eigenvalue weighted by atomic mass is 9.89. The highest BCUT2D eigenvalue weighted by molar-refractivity contribution is 6.58. The number of hydrogen-bond donors (Lipinski definition) is 1. The summed E-state index contributed by atoms with van der Waals surface area (Å²) < 4.78 is 0. The van der Waals surface area contributed by atoms with E-state index >= 15 is 0 Å². The maximum Gasteiger partial charge on any atom is 0.0841 e. The first-order valence-electron chi connectivity index (χ1n) is 11.4. The van der Waals surface area contributed by atoms with Crippen molar-refractivity contribution in [3.63, 3.8) is 0 Å². The summed E-state index contributed by atoms with van der Waals surface area (Å²) in [7, 11) is 0.905. The van der Waals surface area contributed by atoms with Gasteiger partial charge in [0.2, 0.25) is 0 Å². The fourth-order valence-corrected chi connectivity index (χ4v) is 6.10. The van der Waals surface area contributed by atoms with Gasteiger partial charge >= 0.3 is 0 Å². The van der Waals surface area contributed by atoms with Crippen LogP contribution in [0.4, 0.5) is 0 Å². The van der Waals surface area contributed by atoms with Crippen LogP contribution >= 0.6 is 0 Å². The predicted molar refractivity (Wildman–Crippen MR) is 128 cm³/mol. The topological polar surface area (TPSA) is 15.8 Å². The number of H-pyrrole nitrogens is 1. The van der Waals surface area contributed by atoms with E-state index in [1.807, 2.05) is 0 Å². The van der Waals surface area contributed by atoms with Crippen LogP contribution in [-0.4, -0.2) is 14.5 Å². The van der Waals surface area contributed by atoms with Crippen molar-refractivity contribution in [3.05, 3.63) is 41.5 Å². The Morgan fingerprint density at radius 3 is 2.29 bits per heavy atom. The average Bonchev–Trinajstić information content (AvgIpc) is 3.05. The monoisotopic (exact) mass is 391 g/mol. The molecule has 0 spiro atoms. The lowest BCUT2D eigenvalue weighted by molar-refractivity contribution is 0.624. The van der Waals surface area contributed by atoms with Crippen LogP contribution in [0.5, 0.6) is 0 Å². The van der Waals surface area contributed by atoms with Crippen LogP contribution in [0.1, 0.15) is 96.1 Å².